The topological polar surface area (TPSA) is 54.2 Å². The summed E-state index contributed by atoms with van der Waals surface area (Å²) in [7, 11) is 1.92. The molecule has 124 valence electrons. The number of nitrogens with zero attached hydrogens (tertiary/aromatic N) is 3. The summed E-state index contributed by atoms with van der Waals surface area (Å²) in [6, 6.07) is 6.63. The van der Waals surface area contributed by atoms with Crippen molar-refractivity contribution in [2.75, 3.05) is 18.9 Å². The Balaban J connectivity index is 1.89. The summed E-state index contributed by atoms with van der Waals surface area (Å²) in [5, 5.41) is 10.6. The van der Waals surface area contributed by atoms with Crippen molar-refractivity contribution in [1.82, 2.24) is 19.9 Å². The molecule has 0 amide bonds. The van der Waals surface area contributed by atoms with E-state index in [9.17, 15) is 4.39 Å². The van der Waals surface area contributed by atoms with Crippen LogP contribution in [-0.2, 0) is 6.42 Å². The molecule has 0 bridgehead atoms. The minimum atomic E-state index is -0.271. The van der Waals surface area contributed by atoms with Crippen LogP contribution in [0.25, 0.3) is 11.7 Å². The zero-order valence-corrected chi connectivity index (χ0v) is 13.6. The summed E-state index contributed by atoms with van der Waals surface area (Å²) in [5.74, 6) is 0.374. The molecule has 0 unspecified atom stereocenters. The summed E-state index contributed by atoms with van der Waals surface area (Å²) in [6.45, 7) is 4.68. The van der Waals surface area contributed by atoms with Crippen LogP contribution in [0.3, 0.4) is 0 Å². The van der Waals surface area contributed by atoms with Crippen LogP contribution in [0.1, 0.15) is 17.5 Å². The van der Waals surface area contributed by atoms with Crippen LogP contribution in [0, 0.1) is 5.82 Å². The summed E-state index contributed by atoms with van der Waals surface area (Å²) >= 11 is 0. The van der Waals surface area contributed by atoms with E-state index in [1.54, 1.807) is 16.8 Å². The maximum atomic E-state index is 13.7. The summed E-state index contributed by atoms with van der Waals surface area (Å²) in [5.41, 5.74) is 3.36. The number of nitrogens with one attached hydrogen (secondary N) is 2. The molecule has 2 heterocycles. The monoisotopic (exact) mass is 325 g/mol. The Labute approximate surface area is 140 Å². The van der Waals surface area contributed by atoms with Gasteiger partial charge in [0.2, 0.25) is 0 Å². The zero-order valence-electron chi connectivity index (χ0n) is 13.6. The standard InChI is InChI=1S/C18H20FN5/c1-3-13-12-21-24-10-8-17(23-18(13)24)22-16-11-15(19)7-6-14(16)5-4-9-20-2/h3,6-8,10-12,20H,1,4-5,9H2,2H3,(H,22,23). The Morgan fingerprint density at radius 1 is 1.33 bits per heavy atom. The van der Waals surface area contributed by atoms with Gasteiger partial charge in [0.05, 0.1) is 6.20 Å². The van der Waals surface area contributed by atoms with Gasteiger partial charge < -0.3 is 10.6 Å². The van der Waals surface area contributed by atoms with Gasteiger partial charge in [0.1, 0.15) is 11.6 Å². The molecule has 0 saturated heterocycles. The van der Waals surface area contributed by atoms with Crippen molar-refractivity contribution >= 4 is 23.2 Å². The molecule has 0 spiro atoms. The SMILES string of the molecule is C=Cc1cnn2ccc(Nc3cc(F)ccc3CCCNC)nc12. The third kappa shape index (κ3) is 3.44. The van der Waals surface area contributed by atoms with Gasteiger partial charge in [-0.2, -0.15) is 5.10 Å². The van der Waals surface area contributed by atoms with Gasteiger partial charge in [-0.15, -0.1) is 0 Å². The molecule has 0 radical (unpaired) electrons. The quantitative estimate of drug-likeness (QED) is 0.654. The number of aryl methyl sites for hydroxylation is 1. The molecule has 24 heavy (non-hydrogen) atoms. The van der Waals surface area contributed by atoms with E-state index in [1.165, 1.54) is 12.1 Å². The molecule has 0 aliphatic rings. The lowest BCUT2D eigenvalue weighted by Crippen LogP contribution is -2.09. The van der Waals surface area contributed by atoms with Crippen molar-refractivity contribution < 1.29 is 4.39 Å². The van der Waals surface area contributed by atoms with E-state index in [2.05, 4.69) is 27.3 Å². The second-order valence-electron chi connectivity index (χ2n) is 5.52. The lowest BCUT2D eigenvalue weighted by atomic mass is 10.1. The minimum Gasteiger partial charge on any atom is -0.340 e. The Hall–Kier alpha value is -2.73. The van der Waals surface area contributed by atoms with Crippen LogP contribution in [0.5, 0.6) is 0 Å². The van der Waals surface area contributed by atoms with Gasteiger partial charge in [-0.25, -0.2) is 13.9 Å². The van der Waals surface area contributed by atoms with Crippen molar-refractivity contribution in [3.05, 3.63) is 60.2 Å². The van der Waals surface area contributed by atoms with Crippen molar-refractivity contribution in [2.45, 2.75) is 12.8 Å². The number of aromatic nitrogens is 3. The molecular weight excluding hydrogens is 305 g/mol. The maximum Gasteiger partial charge on any atom is 0.164 e. The van der Waals surface area contributed by atoms with E-state index in [0.29, 0.717) is 11.5 Å². The van der Waals surface area contributed by atoms with E-state index in [0.717, 1.165) is 36.2 Å². The molecule has 3 aromatic rings. The second kappa shape index (κ2) is 7.23. The highest BCUT2D eigenvalue weighted by atomic mass is 19.1. The number of fused-ring (bicyclic) bond motifs is 1. The fourth-order valence-electron chi connectivity index (χ4n) is 2.58. The average Bonchev–Trinajstić information content (AvgIpc) is 2.99. The molecular formula is C18H20FN5. The summed E-state index contributed by atoms with van der Waals surface area (Å²) in [6.07, 6.45) is 7.08. The first-order chi connectivity index (χ1) is 11.7. The van der Waals surface area contributed by atoms with Crippen molar-refractivity contribution in [3.63, 3.8) is 0 Å². The number of hydrogen-bond acceptors (Lipinski definition) is 4. The van der Waals surface area contributed by atoms with E-state index in [4.69, 9.17) is 0 Å². The number of hydrogen-bond donors (Lipinski definition) is 2. The molecule has 1 aromatic carbocycles. The second-order valence-corrected chi connectivity index (χ2v) is 5.52. The molecule has 2 aromatic heterocycles. The van der Waals surface area contributed by atoms with Crippen molar-refractivity contribution in [3.8, 4) is 0 Å². The molecule has 2 N–H and O–H groups in total. The number of anilines is 2. The first-order valence-corrected chi connectivity index (χ1v) is 7.88. The molecule has 6 heteroatoms. The van der Waals surface area contributed by atoms with E-state index < -0.39 is 0 Å². The summed E-state index contributed by atoms with van der Waals surface area (Å²) < 4.78 is 15.3. The highest BCUT2D eigenvalue weighted by Crippen LogP contribution is 2.23. The predicted molar refractivity (Wildman–Crippen MR) is 95.0 cm³/mol. The van der Waals surface area contributed by atoms with Crippen LogP contribution < -0.4 is 10.6 Å². The maximum absolute atomic E-state index is 13.7. The highest BCUT2D eigenvalue weighted by Gasteiger charge is 2.08. The van der Waals surface area contributed by atoms with Gasteiger partial charge in [-0.1, -0.05) is 18.7 Å². The van der Waals surface area contributed by atoms with Crippen molar-refractivity contribution in [1.29, 1.82) is 0 Å². The average molecular weight is 325 g/mol. The molecule has 0 saturated carbocycles. The van der Waals surface area contributed by atoms with E-state index in [-0.39, 0.29) is 5.82 Å². The Morgan fingerprint density at radius 2 is 2.21 bits per heavy atom. The number of rotatable bonds is 7. The van der Waals surface area contributed by atoms with Crippen LogP contribution in [0.4, 0.5) is 15.9 Å². The van der Waals surface area contributed by atoms with Gasteiger partial charge in [0, 0.05) is 17.4 Å². The van der Waals surface area contributed by atoms with Crippen LogP contribution in [0.2, 0.25) is 0 Å². The third-order valence-corrected chi connectivity index (χ3v) is 3.82. The summed E-state index contributed by atoms with van der Waals surface area (Å²) in [4.78, 5) is 4.55. The smallest absolute Gasteiger partial charge is 0.164 e. The molecule has 0 aliphatic carbocycles. The number of benzene rings is 1. The lowest BCUT2D eigenvalue weighted by Gasteiger charge is -2.12. The first-order valence-electron chi connectivity index (χ1n) is 7.88. The van der Waals surface area contributed by atoms with E-state index in [1.807, 2.05) is 25.4 Å². The predicted octanol–water partition coefficient (Wildman–Crippen LogP) is 3.41. The Morgan fingerprint density at radius 3 is 3.00 bits per heavy atom. The fraction of sp³-hybridized carbons (Fsp3) is 0.222. The normalized spacial score (nSPS) is 10.9. The van der Waals surface area contributed by atoms with Gasteiger partial charge in [-0.3, -0.25) is 0 Å². The lowest BCUT2D eigenvalue weighted by molar-refractivity contribution is 0.627. The van der Waals surface area contributed by atoms with Gasteiger partial charge in [-0.05, 0) is 50.2 Å². The van der Waals surface area contributed by atoms with Gasteiger partial charge in [0.25, 0.3) is 0 Å². The van der Waals surface area contributed by atoms with Crippen LogP contribution in [0.15, 0.2) is 43.2 Å². The van der Waals surface area contributed by atoms with Crippen LogP contribution in [-0.4, -0.2) is 28.2 Å². The molecule has 5 nitrogen and oxygen atoms in total. The molecule has 0 atom stereocenters. The molecule has 0 fully saturated rings. The van der Waals surface area contributed by atoms with E-state index >= 15 is 0 Å². The van der Waals surface area contributed by atoms with Gasteiger partial charge >= 0.3 is 0 Å². The zero-order chi connectivity index (χ0) is 16.9. The molecule has 3 rings (SSSR count). The Kier molecular flexibility index (Phi) is 4.86. The largest absolute Gasteiger partial charge is 0.340 e. The molecule has 0 aliphatic heterocycles. The van der Waals surface area contributed by atoms with Crippen molar-refractivity contribution in [2.24, 2.45) is 0 Å². The Bertz CT molecular complexity index is 856. The highest BCUT2D eigenvalue weighted by molar-refractivity contribution is 5.67. The van der Waals surface area contributed by atoms with Gasteiger partial charge in [0.15, 0.2) is 5.65 Å². The minimum absolute atomic E-state index is 0.271. The number of halogens is 1. The van der Waals surface area contributed by atoms with Crippen LogP contribution >= 0.6 is 0 Å². The first kappa shape index (κ1) is 16.1. The fourth-order valence-corrected chi connectivity index (χ4v) is 2.58. The third-order valence-electron chi connectivity index (χ3n) is 3.82.